The van der Waals surface area contributed by atoms with E-state index in [0.717, 1.165) is 31.6 Å². The highest BCUT2D eigenvalue weighted by molar-refractivity contribution is 5.69. The minimum Gasteiger partial charge on any atom is -0.481 e. The minimum atomic E-state index is -0.747. The van der Waals surface area contributed by atoms with E-state index in [4.69, 9.17) is 5.11 Å². The first-order valence-electron chi connectivity index (χ1n) is 5.59. The van der Waals surface area contributed by atoms with Gasteiger partial charge in [0.05, 0.1) is 12.0 Å². The molecule has 2 N–H and O–H groups in total. The fourth-order valence-electron chi connectivity index (χ4n) is 2.41. The first-order valence-corrected chi connectivity index (χ1v) is 5.59. The molecule has 5 heteroatoms. The monoisotopic (exact) mass is 223 g/mol. The molecular formula is C11H17N3O2. The number of carboxylic acids is 1. The van der Waals surface area contributed by atoms with Crippen LogP contribution in [0.1, 0.15) is 32.1 Å². The number of rotatable bonds is 4. The van der Waals surface area contributed by atoms with Crippen LogP contribution >= 0.6 is 0 Å². The van der Waals surface area contributed by atoms with Crippen LogP contribution in [0.3, 0.4) is 0 Å². The van der Waals surface area contributed by atoms with Gasteiger partial charge in [0, 0.05) is 19.4 Å². The molecule has 16 heavy (non-hydrogen) atoms. The Morgan fingerprint density at radius 2 is 2.31 bits per heavy atom. The molecule has 0 bridgehead atoms. The largest absolute Gasteiger partial charge is 0.481 e. The summed E-state index contributed by atoms with van der Waals surface area (Å²) >= 11 is 0. The summed E-state index contributed by atoms with van der Waals surface area (Å²) in [6.45, 7) is 0. The molecule has 0 aliphatic heterocycles. The lowest BCUT2D eigenvalue weighted by Gasteiger charge is -2.29. The van der Waals surface area contributed by atoms with E-state index in [1.54, 1.807) is 6.20 Å². The summed E-state index contributed by atoms with van der Waals surface area (Å²) < 4.78 is 1.88. The fraction of sp³-hybridized carbons (Fsp3) is 0.636. The molecule has 0 amide bonds. The number of aromatic nitrogens is 2. The standard InChI is InChI=1S/C11H17N3O2/c1-14-7-6-12-10(14)13-11(8-9(15)16)4-2-3-5-11/h6-7H,2-5,8H2,1H3,(H,12,13)(H,15,16). The number of imidazole rings is 1. The zero-order valence-corrected chi connectivity index (χ0v) is 9.44. The van der Waals surface area contributed by atoms with Gasteiger partial charge in [0.2, 0.25) is 5.95 Å². The second-order valence-corrected chi connectivity index (χ2v) is 4.54. The molecule has 88 valence electrons. The lowest BCUT2D eigenvalue weighted by atomic mass is 9.93. The Hall–Kier alpha value is -1.52. The number of hydrogen-bond donors (Lipinski definition) is 2. The van der Waals surface area contributed by atoms with Crippen molar-refractivity contribution in [3.05, 3.63) is 12.4 Å². The smallest absolute Gasteiger partial charge is 0.305 e. The number of carboxylic acid groups (broad SMARTS) is 1. The van der Waals surface area contributed by atoms with Crippen molar-refractivity contribution in [3.63, 3.8) is 0 Å². The molecule has 0 aromatic carbocycles. The highest BCUT2D eigenvalue weighted by Crippen LogP contribution is 2.35. The van der Waals surface area contributed by atoms with Crippen LogP contribution in [0.2, 0.25) is 0 Å². The summed E-state index contributed by atoms with van der Waals surface area (Å²) in [6, 6.07) is 0. The Balaban J connectivity index is 2.14. The number of aryl methyl sites for hydroxylation is 1. The van der Waals surface area contributed by atoms with Crippen LogP contribution in [0, 0.1) is 0 Å². The van der Waals surface area contributed by atoms with Gasteiger partial charge in [-0.2, -0.15) is 0 Å². The summed E-state index contributed by atoms with van der Waals surface area (Å²) in [5.41, 5.74) is -0.301. The molecule has 0 radical (unpaired) electrons. The first kappa shape index (κ1) is 11.0. The maximum atomic E-state index is 10.9. The van der Waals surface area contributed by atoms with Crippen LogP contribution in [0.4, 0.5) is 5.95 Å². The lowest BCUT2D eigenvalue weighted by molar-refractivity contribution is -0.138. The Labute approximate surface area is 94.5 Å². The number of anilines is 1. The Morgan fingerprint density at radius 3 is 2.81 bits per heavy atom. The van der Waals surface area contributed by atoms with E-state index in [9.17, 15) is 4.79 Å². The van der Waals surface area contributed by atoms with Crippen molar-refractivity contribution in [2.75, 3.05) is 5.32 Å². The van der Waals surface area contributed by atoms with E-state index in [2.05, 4.69) is 10.3 Å². The molecule has 1 saturated carbocycles. The molecule has 0 spiro atoms. The fourth-order valence-corrected chi connectivity index (χ4v) is 2.41. The second-order valence-electron chi connectivity index (χ2n) is 4.54. The third kappa shape index (κ3) is 2.18. The van der Waals surface area contributed by atoms with Crippen molar-refractivity contribution < 1.29 is 9.90 Å². The van der Waals surface area contributed by atoms with Crippen molar-refractivity contribution in [1.82, 2.24) is 9.55 Å². The zero-order chi connectivity index (χ0) is 11.6. The number of nitrogens with one attached hydrogen (secondary N) is 1. The highest BCUT2D eigenvalue weighted by atomic mass is 16.4. The molecular weight excluding hydrogens is 206 g/mol. The van der Waals surface area contributed by atoms with Gasteiger partial charge in [0.25, 0.3) is 0 Å². The van der Waals surface area contributed by atoms with E-state index in [1.165, 1.54) is 0 Å². The maximum absolute atomic E-state index is 10.9. The predicted octanol–water partition coefficient (Wildman–Crippen LogP) is 1.62. The quantitative estimate of drug-likeness (QED) is 0.814. The molecule has 0 saturated heterocycles. The van der Waals surface area contributed by atoms with E-state index in [1.807, 2.05) is 17.8 Å². The maximum Gasteiger partial charge on any atom is 0.305 e. The molecule has 1 aliphatic rings. The average Bonchev–Trinajstić information content (AvgIpc) is 2.77. The second kappa shape index (κ2) is 4.15. The number of aliphatic carboxylic acids is 1. The molecule has 2 rings (SSSR count). The summed E-state index contributed by atoms with van der Waals surface area (Å²) in [7, 11) is 1.90. The molecule has 1 aliphatic carbocycles. The Morgan fingerprint density at radius 1 is 1.62 bits per heavy atom. The van der Waals surface area contributed by atoms with Crippen molar-refractivity contribution in [2.45, 2.75) is 37.6 Å². The first-order chi connectivity index (χ1) is 7.61. The molecule has 0 atom stereocenters. The van der Waals surface area contributed by atoms with Crippen LogP contribution in [0.25, 0.3) is 0 Å². The van der Waals surface area contributed by atoms with Crippen molar-refractivity contribution in [2.24, 2.45) is 7.05 Å². The summed E-state index contributed by atoms with van der Waals surface area (Å²) in [5, 5.41) is 12.3. The summed E-state index contributed by atoms with van der Waals surface area (Å²) in [5.74, 6) is 0.00626. The van der Waals surface area contributed by atoms with Crippen molar-refractivity contribution >= 4 is 11.9 Å². The van der Waals surface area contributed by atoms with Crippen LogP contribution in [0.5, 0.6) is 0 Å². The van der Waals surface area contributed by atoms with Crippen molar-refractivity contribution in [1.29, 1.82) is 0 Å². The molecule has 1 heterocycles. The number of carbonyl (C=O) groups is 1. The minimum absolute atomic E-state index is 0.167. The third-order valence-corrected chi connectivity index (χ3v) is 3.25. The van der Waals surface area contributed by atoms with Gasteiger partial charge in [-0.1, -0.05) is 12.8 Å². The van der Waals surface area contributed by atoms with Crippen LogP contribution in [0.15, 0.2) is 12.4 Å². The molecule has 1 aromatic heterocycles. The van der Waals surface area contributed by atoms with Gasteiger partial charge in [0.1, 0.15) is 0 Å². The van der Waals surface area contributed by atoms with Gasteiger partial charge in [0.15, 0.2) is 0 Å². The zero-order valence-electron chi connectivity index (χ0n) is 9.44. The SMILES string of the molecule is Cn1ccnc1NC1(CC(=O)O)CCCC1. The topological polar surface area (TPSA) is 67.2 Å². The number of nitrogens with zero attached hydrogens (tertiary/aromatic N) is 2. The third-order valence-electron chi connectivity index (χ3n) is 3.25. The van der Waals surface area contributed by atoms with Gasteiger partial charge in [-0.15, -0.1) is 0 Å². The normalized spacial score (nSPS) is 18.6. The van der Waals surface area contributed by atoms with Crippen LogP contribution in [-0.2, 0) is 11.8 Å². The summed E-state index contributed by atoms with van der Waals surface area (Å²) in [6.07, 6.45) is 7.73. The highest BCUT2D eigenvalue weighted by Gasteiger charge is 2.36. The van der Waals surface area contributed by atoms with E-state index in [-0.39, 0.29) is 12.0 Å². The van der Waals surface area contributed by atoms with E-state index in [0.29, 0.717) is 0 Å². The van der Waals surface area contributed by atoms with Crippen LogP contribution < -0.4 is 5.32 Å². The van der Waals surface area contributed by atoms with Gasteiger partial charge >= 0.3 is 5.97 Å². The Kier molecular flexibility index (Phi) is 2.85. The predicted molar refractivity (Wildman–Crippen MR) is 60.3 cm³/mol. The van der Waals surface area contributed by atoms with E-state index >= 15 is 0 Å². The van der Waals surface area contributed by atoms with Gasteiger partial charge < -0.3 is 15.0 Å². The van der Waals surface area contributed by atoms with Gasteiger partial charge in [-0.25, -0.2) is 4.98 Å². The molecule has 0 unspecified atom stereocenters. The lowest BCUT2D eigenvalue weighted by Crippen LogP contribution is -2.38. The van der Waals surface area contributed by atoms with Gasteiger partial charge in [-0.3, -0.25) is 4.79 Å². The molecule has 5 nitrogen and oxygen atoms in total. The molecule has 1 fully saturated rings. The van der Waals surface area contributed by atoms with Crippen LogP contribution in [-0.4, -0.2) is 26.2 Å². The van der Waals surface area contributed by atoms with Gasteiger partial charge in [-0.05, 0) is 12.8 Å². The number of hydrogen-bond acceptors (Lipinski definition) is 3. The molecule has 1 aromatic rings. The average molecular weight is 223 g/mol. The Bertz CT molecular complexity index is 380. The summed E-state index contributed by atoms with van der Waals surface area (Å²) in [4.78, 5) is 15.1. The van der Waals surface area contributed by atoms with E-state index < -0.39 is 5.97 Å². The van der Waals surface area contributed by atoms with Crippen molar-refractivity contribution in [3.8, 4) is 0 Å².